The zero-order chi connectivity index (χ0) is 17.7. The van der Waals surface area contributed by atoms with Crippen molar-refractivity contribution < 1.29 is 9.59 Å². The van der Waals surface area contributed by atoms with Gasteiger partial charge in [0.15, 0.2) is 0 Å². The van der Waals surface area contributed by atoms with Crippen LogP contribution in [0, 0.1) is 35.5 Å². The monoisotopic (exact) mass is 358 g/mol. The van der Waals surface area contributed by atoms with E-state index < -0.39 is 0 Å². The fourth-order valence-corrected chi connectivity index (χ4v) is 7.20. The number of amides is 2. The van der Waals surface area contributed by atoms with Gasteiger partial charge in [-0.25, -0.2) is 0 Å². The van der Waals surface area contributed by atoms with Crippen molar-refractivity contribution in [2.75, 3.05) is 0 Å². The van der Waals surface area contributed by atoms with Crippen LogP contribution in [0.5, 0.6) is 0 Å². The molecule has 4 heteroatoms. The van der Waals surface area contributed by atoms with Crippen molar-refractivity contribution in [1.29, 1.82) is 0 Å². The van der Waals surface area contributed by atoms with E-state index in [0.717, 1.165) is 50.4 Å². The van der Waals surface area contributed by atoms with Crippen LogP contribution in [-0.2, 0) is 9.59 Å². The van der Waals surface area contributed by atoms with Crippen LogP contribution in [-0.4, -0.2) is 23.9 Å². The van der Waals surface area contributed by atoms with E-state index in [-0.39, 0.29) is 23.9 Å². The summed E-state index contributed by atoms with van der Waals surface area (Å²) < 4.78 is 0. The normalized spacial score (nSPS) is 46.5. The lowest BCUT2D eigenvalue weighted by molar-refractivity contribution is -0.127. The van der Waals surface area contributed by atoms with Crippen molar-refractivity contribution in [2.45, 2.75) is 89.1 Å². The van der Waals surface area contributed by atoms with E-state index in [9.17, 15) is 9.59 Å². The van der Waals surface area contributed by atoms with E-state index in [0.29, 0.717) is 23.7 Å². The van der Waals surface area contributed by atoms with Crippen LogP contribution in [0.25, 0.3) is 0 Å². The van der Waals surface area contributed by atoms with Crippen molar-refractivity contribution in [3.8, 4) is 0 Å². The lowest BCUT2D eigenvalue weighted by Gasteiger charge is -2.33. The smallest absolute Gasteiger partial charge is 0.223 e. The molecule has 0 heterocycles. The van der Waals surface area contributed by atoms with Crippen molar-refractivity contribution in [3.63, 3.8) is 0 Å². The molecule has 0 aromatic rings. The number of nitrogens with one attached hydrogen (secondary N) is 2. The van der Waals surface area contributed by atoms with Gasteiger partial charge in [-0.15, -0.1) is 0 Å². The van der Waals surface area contributed by atoms with Gasteiger partial charge in [0.2, 0.25) is 11.8 Å². The molecule has 2 amide bonds. The lowest BCUT2D eigenvalue weighted by atomic mass is 9.85. The summed E-state index contributed by atoms with van der Waals surface area (Å²) in [5.74, 6) is 4.10. The Morgan fingerprint density at radius 3 is 1.46 bits per heavy atom. The van der Waals surface area contributed by atoms with Crippen LogP contribution in [0.3, 0.4) is 0 Å². The zero-order valence-electron chi connectivity index (χ0n) is 15.9. The third kappa shape index (κ3) is 3.18. The molecule has 4 bridgehead atoms. The molecule has 2 N–H and O–H groups in total. The molecule has 5 fully saturated rings. The van der Waals surface area contributed by atoms with Gasteiger partial charge >= 0.3 is 0 Å². The van der Waals surface area contributed by atoms with Gasteiger partial charge in [0, 0.05) is 23.9 Å². The third-order valence-corrected chi connectivity index (χ3v) is 8.52. The molecule has 0 aliphatic heterocycles. The summed E-state index contributed by atoms with van der Waals surface area (Å²) in [4.78, 5) is 25.5. The Hall–Kier alpha value is -1.06. The summed E-state index contributed by atoms with van der Waals surface area (Å²) in [7, 11) is 0. The van der Waals surface area contributed by atoms with Gasteiger partial charge in [0.25, 0.3) is 0 Å². The van der Waals surface area contributed by atoms with Crippen LogP contribution in [0.4, 0.5) is 0 Å². The second-order valence-corrected chi connectivity index (χ2v) is 10.1. The van der Waals surface area contributed by atoms with Crippen LogP contribution in [0.2, 0.25) is 0 Å². The Labute approximate surface area is 157 Å². The van der Waals surface area contributed by atoms with Crippen LogP contribution >= 0.6 is 0 Å². The molecule has 0 saturated heterocycles. The number of carbonyl (C=O) groups excluding carboxylic acids is 2. The minimum atomic E-state index is 0.265. The Bertz CT molecular complexity index is 528. The summed E-state index contributed by atoms with van der Waals surface area (Å²) in [6, 6.07) is 0.529. The van der Waals surface area contributed by atoms with Crippen LogP contribution in [0.1, 0.15) is 77.0 Å². The Balaban J connectivity index is 1.12. The maximum absolute atomic E-state index is 12.7. The molecule has 5 rings (SSSR count). The Morgan fingerprint density at radius 1 is 0.577 bits per heavy atom. The van der Waals surface area contributed by atoms with E-state index in [1.165, 1.54) is 38.5 Å². The zero-order valence-corrected chi connectivity index (χ0v) is 15.9. The van der Waals surface area contributed by atoms with Gasteiger partial charge in [0.1, 0.15) is 0 Å². The second-order valence-electron chi connectivity index (χ2n) is 10.1. The van der Waals surface area contributed by atoms with Gasteiger partial charge in [-0.2, -0.15) is 0 Å². The minimum Gasteiger partial charge on any atom is -0.353 e. The molecular formula is C22H34N2O2. The van der Waals surface area contributed by atoms with E-state index in [1.807, 2.05) is 0 Å². The van der Waals surface area contributed by atoms with Gasteiger partial charge in [0.05, 0.1) is 0 Å². The molecule has 0 aromatic carbocycles. The first-order chi connectivity index (χ1) is 12.7. The molecule has 5 aliphatic carbocycles. The van der Waals surface area contributed by atoms with Crippen LogP contribution < -0.4 is 10.6 Å². The van der Waals surface area contributed by atoms with Gasteiger partial charge in [-0.3, -0.25) is 9.59 Å². The summed E-state index contributed by atoms with van der Waals surface area (Å²) in [5, 5.41) is 6.71. The van der Waals surface area contributed by atoms with Crippen molar-refractivity contribution in [1.82, 2.24) is 10.6 Å². The molecule has 5 saturated carbocycles. The highest BCUT2D eigenvalue weighted by molar-refractivity contribution is 5.80. The first-order valence-corrected chi connectivity index (χ1v) is 11.3. The molecule has 0 aromatic heterocycles. The number of hydrogen-bond acceptors (Lipinski definition) is 2. The maximum Gasteiger partial charge on any atom is 0.223 e. The fraction of sp³-hybridized carbons (Fsp3) is 0.909. The molecular weight excluding hydrogens is 324 g/mol. The third-order valence-electron chi connectivity index (χ3n) is 8.52. The van der Waals surface area contributed by atoms with Crippen LogP contribution in [0.15, 0.2) is 0 Å². The highest BCUT2D eigenvalue weighted by Gasteiger charge is 2.45. The molecule has 8 unspecified atom stereocenters. The second kappa shape index (κ2) is 6.83. The van der Waals surface area contributed by atoms with Gasteiger partial charge in [-0.05, 0) is 87.9 Å². The topological polar surface area (TPSA) is 58.2 Å². The molecule has 0 radical (unpaired) electrons. The molecule has 26 heavy (non-hydrogen) atoms. The quantitative estimate of drug-likeness (QED) is 0.809. The van der Waals surface area contributed by atoms with Gasteiger partial charge in [-0.1, -0.05) is 12.8 Å². The van der Waals surface area contributed by atoms with Gasteiger partial charge < -0.3 is 10.6 Å². The lowest BCUT2D eigenvalue weighted by Crippen LogP contribution is -2.49. The SMILES string of the molecule is O=C(NC1CCCC(NC(=O)C2CC3CCC2C3)C1)C1CC2CCC1C2. The molecule has 0 spiro atoms. The average Bonchev–Trinajstić information content (AvgIpc) is 3.42. The average molecular weight is 359 g/mol. The van der Waals surface area contributed by atoms with E-state index in [2.05, 4.69) is 10.6 Å². The summed E-state index contributed by atoms with van der Waals surface area (Å²) in [6.07, 6.45) is 14.2. The Morgan fingerprint density at radius 2 is 1.08 bits per heavy atom. The molecule has 4 nitrogen and oxygen atoms in total. The van der Waals surface area contributed by atoms with E-state index in [1.54, 1.807) is 0 Å². The molecule has 5 aliphatic rings. The Kier molecular flexibility index (Phi) is 4.48. The van der Waals surface area contributed by atoms with E-state index >= 15 is 0 Å². The summed E-state index contributed by atoms with van der Waals surface area (Å²) in [5.41, 5.74) is 0. The molecule has 8 atom stereocenters. The first kappa shape index (κ1) is 17.1. The highest BCUT2D eigenvalue weighted by atomic mass is 16.2. The summed E-state index contributed by atoms with van der Waals surface area (Å²) in [6.45, 7) is 0. The number of hydrogen-bond donors (Lipinski definition) is 2. The largest absolute Gasteiger partial charge is 0.353 e. The first-order valence-electron chi connectivity index (χ1n) is 11.3. The predicted octanol–water partition coefficient (Wildman–Crippen LogP) is 3.40. The molecule has 144 valence electrons. The maximum atomic E-state index is 12.7. The number of rotatable bonds is 4. The van der Waals surface area contributed by atoms with Crippen molar-refractivity contribution in [2.24, 2.45) is 35.5 Å². The van der Waals surface area contributed by atoms with Crippen molar-refractivity contribution in [3.05, 3.63) is 0 Å². The predicted molar refractivity (Wildman–Crippen MR) is 100 cm³/mol. The van der Waals surface area contributed by atoms with E-state index in [4.69, 9.17) is 0 Å². The summed E-state index contributed by atoms with van der Waals surface area (Å²) >= 11 is 0. The standard InChI is InChI=1S/C22H34N2O2/c25-21(19-10-13-4-6-15(19)8-13)23-17-2-1-3-18(12-17)24-22(26)20-11-14-5-7-16(20)9-14/h13-20H,1-12H2,(H,23,25)(H,24,26). The number of carbonyl (C=O) groups is 2. The fourth-order valence-electron chi connectivity index (χ4n) is 7.20. The number of fused-ring (bicyclic) bond motifs is 4. The highest BCUT2D eigenvalue weighted by Crippen LogP contribution is 2.49. The minimum absolute atomic E-state index is 0.265. The van der Waals surface area contributed by atoms with Crippen molar-refractivity contribution >= 4 is 11.8 Å².